The van der Waals surface area contributed by atoms with Gasteiger partial charge in [0.2, 0.25) is 0 Å². The maximum absolute atomic E-state index is 13.8. The van der Waals surface area contributed by atoms with Gasteiger partial charge in [-0.2, -0.15) is 13.2 Å². The first kappa shape index (κ1) is 28.1. The summed E-state index contributed by atoms with van der Waals surface area (Å²) in [5, 5.41) is 5.30. The van der Waals surface area contributed by atoms with Crippen LogP contribution >= 0.6 is 23.2 Å². The van der Waals surface area contributed by atoms with Crippen LogP contribution in [0, 0.1) is 6.92 Å². The molecule has 2 bridgehead atoms. The van der Waals surface area contributed by atoms with E-state index in [-0.39, 0.29) is 5.75 Å². The van der Waals surface area contributed by atoms with Crippen LogP contribution in [0.15, 0.2) is 66.7 Å². The van der Waals surface area contributed by atoms with Gasteiger partial charge in [-0.3, -0.25) is 14.8 Å². The van der Waals surface area contributed by atoms with Crippen LogP contribution < -0.4 is 10.1 Å². The summed E-state index contributed by atoms with van der Waals surface area (Å²) in [6.07, 6.45) is -3.45. The molecule has 6 rings (SSSR count). The second-order valence-corrected chi connectivity index (χ2v) is 11.6. The van der Waals surface area contributed by atoms with Gasteiger partial charge in [-0.15, -0.1) is 0 Å². The van der Waals surface area contributed by atoms with Gasteiger partial charge in [-0.1, -0.05) is 47.5 Å². The molecule has 3 heterocycles. The first-order valence-electron chi connectivity index (χ1n) is 13.5. The number of para-hydroxylation sites is 1. The van der Waals surface area contributed by atoms with Crippen LogP contribution in [0.4, 0.5) is 24.5 Å². The van der Waals surface area contributed by atoms with E-state index in [2.05, 4.69) is 20.1 Å². The molecule has 41 heavy (non-hydrogen) atoms. The lowest BCUT2D eigenvalue weighted by Crippen LogP contribution is -2.47. The number of hydrogen-bond acceptors (Lipinski definition) is 5. The zero-order valence-corrected chi connectivity index (χ0v) is 23.9. The molecule has 1 aromatic heterocycles. The SMILES string of the molecule is Cc1cc(Nc2cc(OCCN3C[C@@H]4C[C@H]3CN4Cc3ccc(Cl)cc3Cl)cc(C(F)(F)F)c2)c2ccccc2n1. The van der Waals surface area contributed by atoms with Gasteiger partial charge in [0.25, 0.3) is 0 Å². The highest BCUT2D eigenvalue weighted by molar-refractivity contribution is 6.35. The molecular weight excluding hydrogens is 572 g/mol. The number of halogens is 5. The fourth-order valence-corrected chi connectivity index (χ4v) is 6.40. The molecule has 5 nitrogen and oxygen atoms in total. The van der Waals surface area contributed by atoms with Crippen molar-refractivity contribution < 1.29 is 17.9 Å². The highest BCUT2D eigenvalue weighted by Gasteiger charge is 2.42. The van der Waals surface area contributed by atoms with Crippen LogP contribution in [-0.2, 0) is 12.7 Å². The van der Waals surface area contributed by atoms with E-state index in [4.69, 9.17) is 27.9 Å². The fourth-order valence-electron chi connectivity index (χ4n) is 5.93. The molecule has 1 N–H and O–H groups in total. The van der Waals surface area contributed by atoms with Gasteiger partial charge in [0.1, 0.15) is 12.4 Å². The summed E-state index contributed by atoms with van der Waals surface area (Å²) in [5.74, 6) is 0.181. The number of benzene rings is 3. The lowest BCUT2D eigenvalue weighted by molar-refractivity contribution is -0.137. The van der Waals surface area contributed by atoms with E-state index in [1.165, 1.54) is 0 Å². The van der Waals surface area contributed by atoms with Crippen molar-refractivity contribution >= 4 is 45.5 Å². The van der Waals surface area contributed by atoms with Gasteiger partial charge < -0.3 is 10.1 Å². The number of nitrogens with zero attached hydrogens (tertiary/aromatic N) is 3. The van der Waals surface area contributed by atoms with Crippen LogP contribution in [0.2, 0.25) is 10.0 Å². The quantitative estimate of drug-likeness (QED) is 0.222. The molecule has 3 aromatic carbocycles. The Hall–Kier alpha value is -3.04. The number of piperazine rings is 1. The van der Waals surface area contributed by atoms with Crippen molar-refractivity contribution in [1.82, 2.24) is 14.8 Å². The Kier molecular flexibility index (Phi) is 7.76. The van der Waals surface area contributed by atoms with Crippen LogP contribution in [0.1, 0.15) is 23.2 Å². The molecule has 0 amide bonds. The van der Waals surface area contributed by atoms with E-state index < -0.39 is 11.7 Å². The lowest BCUT2D eigenvalue weighted by Gasteiger charge is -2.34. The Morgan fingerprint density at radius 1 is 0.976 bits per heavy atom. The minimum Gasteiger partial charge on any atom is -0.492 e. The van der Waals surface area contributed by atoms with Crippen molar-refractivity contribution in [3.63, 3.8) is 0 Å². The van der Waals surface area contributed by atoms with Gasteiger partial charge in [0.05, 0.1) is 11.1 Å². The van der Waals surface area contributed by atoms with Crippen LogP contribution in [0.3, 0.4) is 0 Å². The topological polar surface area (TPSA) is 40.6 Å². The zero-order valence-electron chi connectivity index (χ0n) is 22.4. The highest BCUT2D eigenvalue weighted by Crippen LogP contribution is 2.37. The molecule has 2 fully saturated rings. The summed E-state index contributed by atoms with van der Waals surface area (Å²) in [5.41, 5.74) is 2.84. The van der Waals surface area contributed by atoms with Crippen molar-refractivity contribution in [3.8, 4) is 5.75 Å². The summed E-state index contributed by atoms with van der Waals surface area (Å²) in [6.45, 7) is 5.38. The van der Waals surface area contributed by atoms with Crippen molar-refractivity contribution in [1.29, 1.82) is 0 Å². The number of pyridine rings is 1. The molecule has 0 saturated carbocycles. The Morgan fingerprint density at radius 3 is 2.51 bits per heavy atom. The standard InChI is InChI=1S/C31H29Cl2F3N4O/c1-19-10-30(27-4-2-3-5-29(27)37-19)38-23-11-21(31(34,35)36)12-26(14-23)41-9-8-39-17-25-15-24(39)18-40(25)16-20-6-7-22(32)13-28(20)33/h2-7,10-14,24-25H,8-9,15-18H2,1H3,(H,37,38)/t24-,25-/m0/s1. The summed E-state index contributed by atoms with van der Waals surface area (Å²) < 4.78 is 47.3. The number of aromatic nitrogens is 1. The minimum absolute atomic E-state index is 0.181. The number of anilines is 2. The van der Waals surface area contributed by atoms with Crippen molar-refractivity contribution in [2.75, 3.05) is 31.6 Å². The Bertz CT molecular complexity index is 1580. The normalized spacial score (nSPS) is 19.3. The maximum Gasteiger partial charge on any atom is 0.416 e. The number of alkyl halides is 3. The molecule has 0 radical (unpaired) electrons. The van der Waals surface area contributed by atoms with Crippen LogP contribution in [0.25, 0.3) is 10.9 Å². The Morgan fingerprint density at radius 2 is 1.76 bits per heavy atom. The average Bonchev–Trinajstić information content (AvgIpc) is 3.50. The molecule has 2 saturated heterocycles. The second-order valence-electron chi connectivity index (χ2n) is 10.7. The first-order valence-corrected chi connectivity index (χ1v) is 14.3. The summed E-state index contributed by atoms with van der Waals surface area (Å²) in [4.78, 5) is 9.32. The smallest absolute Gasteiger partial charge is 0.416 e. The number of fused-ring (bicyclic) bond motifs is 3. The van der Waals surface area contributed by atoms with E-state index in [0.29, 0.717) is 46.7 Å². The number of likely N-dealkylation sites (tertiary alicyclic amines) is 2. The summed E-state index contributed by atoms with van der Waals surface area (Å²) in [7, 11) is 0. The molecule has 2 aliphatic heterocycles. The van der Waals surface area contributed by atoms with Gasteiger partial charge in [-0.25, -0.2) is 0 Å². The molecule has 2 aliphatic rings. The number of aryl methyl sites for hydroxylation is 1. The number of hydrogen-bond donors (Lipinski definition) is 1. The maximum atomic E-state index is 13.8. The molecule has 10 heteroatoms. The molecule has 0 unspecified atom stereocenters. The number of rotatable bonds is 8. The lowest BCUT2D eigenvalue weighted by atomic mass is 10.1. The predicted octanol–water partition coefficient (Wildman–Crippen LogP) is 7.95. The predicted molar refractivity (Wildman–Crippen MR) is 157 cm³/mol. The third-order valence-electron chi connectivity index (χ3n) is 7.86. The van der Waals surface area contributed by atoms with Gasteiger partial charge >= 0.3 is 6.18 Å². The van der Waals surface area contributed by atoms with Gasteiger partial charge in [0, 0.05) is 76.8 Å². The van der Waals surface area contributed by atoms with E-state index in [0.717, 1.165) is 60.3 Å². The number of ether oxygens (including phenoxy) is 1. The Labute approximate surface area is 246 Å². The number of nitrogens with one attached hydrogen (secondary N) is 1. The molecule has 4 aromatic rings. The monoisotopic (exact) mass is 600 g/mol. The fraction of sp³-hybridized carbons (Fsp3) is 0.323. The molecule has 2 atom stereocenters. The summed E-state index contributed by atoms with van der Waals surface area (Å²) >= 11 is 12.4. The van der Waals surface area contributed by atoms with Crippen molar-refractivity contribution in [3.05, 3.63) is 93.6 Å². The molecule has 0 spiro atoms. The largest absolute Gasteiger partial charge is 0.492 e. The Balaban J connectivity index is 1.11. The average molecular weight is 602 g/mol. The van der Waals surface area contributed by atoms with Gasteiger partial charge in [-0.05, 0) is 55.3 Å². The third-order valence-corrected chi connectivity index (χ3v) is 8.45. The first-order chi connectivity index (χ1) is 19.6. The van der Waals surface area contributed by atoms with E-state index in [1.54, 1.807) is 12.1 Å². The van der Waals surface area contributed by atoms with E-state index in [1.807, 2.05) is 49.4 Å². The second kappa shape index (κ2) is 11.3. The highest BCUT2D eigenvalue weighted by atomic mass is 35.5. The van der Waals surface area contributed by atoms with E-state index in [9.17, 15) is 13.2 Å². The van der Waals surface area contributed by atoms with Gasteiger partial charge in [0.15, 0.2) is 0 Å². The third kappa shape index (κ3) is 6.26. The summed E-state index contributed by atoms with van der Waals surface area (Å²) in [6, 6.07) is 19.5. The minimum atomic E-state index is -4.50. The molecular formula is C31H29Cl2F3N4O. The zero-order chi connectivity index (χ0) is 28.7. The van der Waals surface area contributed by atoms with Crippen LogP contribution in [0.5, 0.6) is 5.75 Å². The van der Waals surface area contributed by atoms with Crippen LogP contribution in [-0.4, -0.2) is 53.1 Å². The molecule has 0 aliphatic carbocycles. The van der Waals surface area contributed by atoms with E-state index >= 15 is 0 Å². The van der Waals surface area contributed by atoms with Crippen molar-refractivity contribution in [2.24, 2.45) is 0 Å². The van der Waals surface area contributed by atoms with Crippen molar-refractivity contribution in [2.45, 2.75) is 38.1 Å². The molecule has 214 valence electrons.